The Kier molecular flexibility index (Phi) is 7.03. The molecule has 4 rings (SSSR count). The summed E-state index contributed by atoms with van der Waals surface area (Å²) < 4.78 is 0.894. The van der Waals surface area contributed by atoms with E-state index >= 15 is 0 Å². The van der Waals surface area contributed by atoms with Crippen LogP contribution in [0.2, 0.25) is 0 Å². The van der Waals surface area contributed by atoms with Crippen molar-refractivity contribution in [2.75, 3.05) is 11.4 Å². The zero-order valence-corrected chi connectivity index (χ0v) is 21.1. The van der Waals surface area contributed by atoms with Gasteiger partial charge in [-0.05, 0) is 55.5 Å². The van der Waals surface area contributed by atoms with Crippen LogP contribution in [-0.4, -0.2) is 41.2 Å². The molecular formula is C27H28BrN3O3. The lowest BCUT2D eigenvalue weighted by Crippen LogP contribution is -2.52. The molecule has 3 aromatic rings. The molecule has 0 saturated carbocycles. The molecule has 2 atom stereocenters. The van der Waals surface area contributed by atoms with Crippen molar-refractivity contribution in [2.45, 2.75) is 45.8 Å². The van der Waals surface area contributed by atoms with Crippen molar-refractivity contribution in [1.82, 2.24) is 10.2 Å². The van der Waals surface area contributed by atoms with Gasteiger partial charge in [0.1, 0.15) is 12.6 Å². The molecule has 7 heteroatoms. The van der Waals surface area contributed by atoms with Gasteiger partial charge in [0.25, 0.3) is 5.91 Å². The van der Waals surface area contributed by atoms with E-state index in [1.54, 1.807) is 17.9 Å². The Morgan fingerprint density at radius 1 is 1.06 bits per heavy atom. The third-order valence-corrected chi connectivity index (χ3v) is 6.85. The summed E-state index contributed by atoms with van der Waals surface area (Å²) in [7, 11) is 0. The van der Waals surface area contributed by atoms with Gasteiger partial charge in [-0.15, -0.1) is 0 Å². The number of nitrogens with one attached hydrogen (secondary N) is 1. The van der Waals surface area contributed by atoms with Crippen LogP contribution in [0, 0.1) is 0 Å². The minimum Gasteiger partial charge on any atom is -0.352 e. The molecule has 1 N–H and O–H groups in total. The van der Waals surface area contributed by atoms with Crippen molar-refractivity contribution in [2.24, 2.45) is 0 Å². The lowest BCUT2D eigenvalue weighted by molar-refractivity contribution is -0.139. The Bertz CT molecular complexity index is 1250. The lowest BCUT2D eigenvalue weighted by atomic mass is 10.1. The van der Waals surface area contributed by atoms with Gasteiger partial charge in [-0.3, -0.25) is 19.3 Å². The van der Waals surface area contributed by atoms with E-state index < -0.39 is 6.04 Å². The molecule has 6 nitrogen and oxygen atoms in total. The summed E-state index contributed by atoms with van der Waals surface area (Å²) >= 11 is 3.47. The number of halogens is 1. The van der Waals surface area contributed by atoms with Crippen molar-refractivity contribution >= 4 is 50.1 Å². The molecule has 0 saturated heterocycles. The maximum Gasteiger partial charge on any atom is 0.259 e. The zero-order chi connectivity index (χ0) is 24.4. The van der Waals surface area contributed by atoms with Gasteiger partial charge in [0.05, 0.1) is 5.69 Å². The van der Waals surface area contributed by atoms with Crippen LogP contribution in [0.3, 0.4) is 0 Å². The number of carbonyl (C=O) groups is 3. The SMILES string of the molecule is CC[C@H](C)NC(=O)[C@H](C)N(Cc1cccc(Br)c1)C(=O)CN1C(=O)c2cccc3cccc1c23. The monoisotopic (exact) mass is 521 g/mol. The molecule has 3 amide bonds. The topological polar surface area (TPSA) is 69.7 Å². The summed E-state index contributed by atoms with van der Waals surface area (Å²) in [5.74, 6) is -0.694. The first-order valence-corrected chi connectivity index (χ1v) is 12.3. The predicted octanol–water partition coefficient (Wildman–Crippen LogP) is 4.89. The van der Waals surface area contributed by atoms with Crippen molar-refractivity contribution < 1.29 is 14.4 Å². The molecule has 0 radical (unpaired) electrons. The van der Waals surface area contributed by atoms with E-state index in [1.165, 1.54) is 4.90 Å². The van der Waals surface area contributed by atoms with Crippen LogP contribution in [0.15, 0.2) is 65.1 Å². The Balaban J connectivity index is 1.62. The predicted molar refractivity (Wildman–Crippen MR) is 138 cm³/mol. The number of hydrogen-bond donors (Lipinski definition) is 1. The van der Waals surface area contributed by atoms with E-state index in [2.05, 4.69) is 21.2 Å². The normalized spacial score (nSPS) is 14.2. The number of nitrogens with zero attached hydrogens (tertiary/aromatic N) is 2. The van der Waals surface area contributed by atoms with Gasteiger partial charge in [-0.1, -0.05) is 59.3 Å². The Labute approximate surface area is 208 Å². The molecule has 3 aromatic carbocycles. The number of hydrogen-bond acceptors (Lipinski definition) is 3. The van der Waals surface area contributed by atoms with Gasteiger partial charge in [0, 0.05) is 28.0 Å². The first kappa shape index (κ1) is 24.0. The lowest BCUT2D eigenvalue weighted by Gasteiger charge is -2.31. The quantitative estimate of drug-likeness (QED) is 0.458. The second kappa shape index (κ2) is 9.97. The number of anilines is 1. The molecule has 0 spiro atoms. The summed E-state index contributed by atoms with van der Waals surface area (Å²) in [6.07, 6.45) is 0.794. The molecule has 1 aliphatic rings. The van der Waals surface area contributed by atoms with Crippen LogP contribution < -0.4 is 10.2 Å². The third-order valence-electron chi connectivity index (χ3n) is 6.35. The average Bonchev–Trinajstić information content (AvgIpc) is 3.10. The maximum absolute atomic E-state index is 13.6. The van der Waals surface area contributed by atoms with E-state index in [4.69, 9.17) is 0 Å². The summed E-state index contributed by atoms with van der Waals surface area (Å²) in [5, 5.41) is 4.80. The second-order valence-electron chi connectivity index (χ2n) is 8.72. The minimum absolute atomic E-state index is 0.00466. The summed E-state index contributed by atoms with van der Waals surface area (Å²) in [4.78, 5) is 42.9. The number of amides is 3. The van der Waals surface area contributed by atoms with Crippen molar-refractivity contribution in [1.29, 1.82) is 0 Å². The van der Waals surface area contributed by atoms with E-state index in [0.717, 1.165) is 32.9 Å². The fourth-order valence-corrected chi connectivity index (χ4v) is 4.69. The van der Waals surface area contributed by atoms with Gasteiger partial charge < -0.3 is 10.2 Å². The van der Waals surface area contributed by atoms with Gasteiger partial charge in [0.15, 0.2) is 0 Å². The van der Waals surface area contributed by atoms with Crippen LogP contribution >= 0.6 is 15.9 Å². The highest BCUT2D eigenvalue weighted by Crippen LogP contribution is 2.37. The number of benzene rings is 3. The third kappa shape index (κ3) is 4.71. The highest BCUT2D eigenvalue weighted by atomic mass is 79.9. The van der Waals surface area contributed by atoms with Gasteiger partial charge in [-0.25, -0.2) is 0 Å². The number of rotatable bonds is 8. The highest BCUT2D eigenvalue weighted by Gasteiger charge is 2.34. The number of carbonyl (C=O) groups excluding carboxylic acids is 3. The van der Waals surface area contributed by atoms with Crippen LogP contribution in [0.25, 0.3) is 10.8 Å². The molecule has 0 bridgehead atoms. The van der Waals surface area contributed by atoms with Gasteiger partial charge >= 0.3 is 0 Å². The first-order valence-electron chi connectivity index (χ1n) is 11.5. The van der Waals surface area contributed by atoms with Crippen molar-refractivity contribution in [3.05, 3.63) is 76.3 Å². The van der Waals surface area contributed by atoms with Crippen LogP contribution in [-0.2, 0) is 16.1 Å². The Hall–Kier alpha value is -3.19. The standard InChI is InChI=1S/C27H28BrN3O3/c1-4-17(2)29-26(33)18(3)30(15-19-8-5-11-21(28)14-19)24(32)16-31-23-13-7-10-20-9-6-12-22(25(20)23)27(31)34/h5-14,17-18H,4,15-16H2,1-3H3,(H,29,33)/t17-,18-/m0/s1. The van der Waals surface area contributed by atoms with Crippen LogP contribution in [0.5, 0.6) is 0 Å². The van der Waals surface area contributed by atoms with Crippen LogP contribution in [0.1, 0.15) is 43.1 Å². The van der Waals surface area contributed by atoms with E-state index in [1.807, 2.05) is 68.4 Å². The molecule has 0 aromatic heterocycles. The molecule has 34 heavy (non-hydrogen) atoms. The average molecular weight is 522 g/mol. The molecule has 176 valence electrons. The molecule has 0 aliphatic carbocycles. The molecular weight excluding hydrogens is 494 g/mol. The van der Waals surface area contributed by atoms with Crippen LogP contribution in [0.4, 0.5) is 5.69 Å². The molecule has 1 aliphatic heterocycles. The van der Waals surface area contributed by atoms with E-state index in [9.17, 15) is 14.4 Å². The highest BCUT2D eigenvalue weighted by molar-refractivity contribution is 9.10. The summed E-state index contributed by atoms with van der Waals surface area (Å²) in [5.41, 5.74) is 2.22. The molecule has 1 heterocycles. The second-order valence-corrected chi connectivity index (χ2v) is 9.63. The summed E-state index contributed by atoms with van der Waals surface area (Å²) in [6.45, 7) is 5.78. The zero-order valence-electron chi connectivity index (χ0n) is 19.5. The fraction of sp³-hybridized carbons (Fsp3) is 0.296. The van der Waals surface area contributed by atoms with E-state index in [0.29, 0.717) is 5.56 Å². The smallest absolute Gasteiger partial charge is 0.259 e. The Morgan fingerprint density at radius 2 is 1.76 bits per heavy atom. The minimum atomic E-state index is -0.698. The largest absolute Gasteiger partial charge is 0.352 e. The van der Waals surface area contributed by atoms with Gasteiger partial charge in [-0.2, -0.15) is 0 Å². The first-order chi connectivity index (χ1) is 16.3. The van der Waals surface area contributed by atoms with Crippen molar-refractivity contribution in [3.8, 4) is 0 Å². The summed E-state index contributed by atoms with van der Waals surface area (Å²) in [6, 6.07) is 18.3. The molecule has 0 fully saturated rings. The maximum atomic E-state index is 13.6. The van der Waals surface area contributed by atoms with Gasteiger partial charge in [0.2, 0.25) is 11.8 Å². The van der Waals surface area contributed by atoms with E-state index in [-0.39, 0.29) is 36.9 Å². The fourth-order valence-electron chi connectivity index (χ4n) is 4.24. The molecule has 0 unspecified atom stereocenters. The van der Waals surface area contributed by atoms with Crippen molar-refractivity contribution in [3.63, 3.8) is 0 Å². The Morgan fingerprint density at radius 3 is 2.47 bits per heavy atom.